The molecule has 1 atom stereocenters. The molecule has 1 amide bonds. The number of hydrogen-bond acceptors (Lipinski definition) is 6. The second-order valence-corrected chi connectivity index (χ2v) is 6.16. The predicted molar refractivity (Wildman–Crippen MR) is 103 cm³/mol. The van der Waals surface area contributed by atoms with Crippen molar-refractivity contribution in [3.8, 4) is 17.6 Å². The Labute approximate surface area is 162 Å². The fourth-order valence-corrected chi connectivity index (χ4v) is 2.59. The van der Waals surface area contributed by atoms with Gasteiger partial charge in [0, 0.05) is 17.5 Å². The van der Waals surface area contributed by atoms with Crippen molar-refractivity contribution in [1.82, 2.24) is 5.32 Å². The molecule has 0 saturated heterocycles. The zero-order valence-electron chi connectivity index (χ0n) is 15.3. The molecule has 1 unspecified atom stereocenters. The number of rotatable bonds is 6. The van der Waals surface area contributed by atoms with E-state index in [9.17, 15) is 14.9 Å². The van der Waals surface area contributed by atoms with Gasteiger partial charge in [-0.2, -0.15) is 5.26 Å². The van der Waals surface area contributed by atoms with Crippen LogP contribution in [0.25, 0.3) is 0 Å². The first-order valence-electron chi connectivity index (χ1n) is 8.71. The number of benzene rings is 2. The monoisotopic (exact) mass is 377 g/mol. The van der Waals surface area contributed by atoms with Crippen LogP contribution in [0, 0.1) is 11.3 Å². The number of carbonyl (C=O) groups is 2. The van der Waals surface area contributed by atoms with Crippen LogP contribution in [-0.4, -0.2) is 30.9 Å². The van der Waals surface area contributed by atoms with E-state index in [1.165, 1.54) is 13.1 Å². The molecule has 0 radical (unpaired) electrons. The summed E-state index contributed by atoms with van der Waals surface area (Å²) < 4.78 is 11.4. The number of carbonyl (C=O) groups excluding carboxylic acids is 2. The number of para-hydroxylation sites is 2. The van der Waals surface area contributed by atoms with Gasteiger partial charge in [0.05, 0.1) is 6.54 Å². The highest BCUT2D eigenvalue weighted by atomic mass is 16.6. The maximum Gasteiger partial charge on any atom is 0.267 e. The Bertz CT molecular complexity index is 945. The van der Waals surface area contributed by atoms with Crippen molar-refractivity contribution in [2.45, 2.75) is 13.0 Å². The summed E-state index contributed by atoms with van der Waals surface area (Å²) >= 11 is 0. The van der Waals surface area contributed by atoms with Crippen LogP contribution >= 0.6 is 0 Å². The van der Waals surface area contributed by atoms with E-state index in [0.29, 0.717) is 35.9 Å². The summed E-state index contributed by atoms with van der Waals surface area (Å²) in [5, 5.41) is 14.8. The van der Waals surface area contributed by atoms with Crippen molar-refractivity contribution in [2.75, 3.05) is 18.5 Å². The molecular weight excluding hydrogens is 358 g/mol. The van der Waals surface area contributed by atoms with Crippen LogP contribution in [-0.2, 0) is 4.79 Å². The fourth-order valence-electron chi connectivity index (χ4n) is 2.59. The van der Waals surface area contributed by atoms with Gasteiger partial charge >= 0.3 is 0 Å². The molecule has 2 aromatic rings. The highest BCUT2D eigenvalue weighted by Crippen LogP contribution is 2.30. The number of Topliss-reactive ketones (excluding diaryl/α,β-unsaturated/α-hetero) is 1. The molecule has 1 heterocycles. The van der Waals surface area contributed by atoms with E-state index in [1.54, 1.807) is 24.3 Å². The molecule has 7 nitrogen and oxygen atoms in total. The largest absolute Gasteiger partial charge is 0.486 e. The summed E-state index contributed by atoms with van der Waals surface area (Å²) in [6.45, 7) is 2.21. The van der Waals surface area contributed by atoms with Crippen LogP contribution in [0.15, 0.2) is 60.3 Å². The third-order valence-electron chi connectivity index (χ3n) is 4.07. The molecule has 0 bridgehead atoms. The quantitative estimate of drug-likeness (QED) is 0.456. The SMILES string of the molecule is CC(=O)c1ccc(NC(=O)/C(C#N)=C\NCC2COc3ccccc3O2)cc1. The number of hydrogen-bond donors (Lipinski definition) is 2. The van der Waals surface area contributed by atoms with E-state index in [2.05, 4.69) is 10.6 Å². The molecule has 0 fully saturated rings. The number of ether oxygens (including phenoxy) is 2. The smallest absolute Gasteiger partial charge is 0.267 e. The van der Waals surface area contributed by atoms with Crippen molar-refractivity contribution in [3.63, 3.8) is 0 Å². The van der Waals surface area contributed by atoms with Gasteiger partial charge in [0.25, 0.3) is 5.91 Å². The van der Waals surface area contributed by atoms with Crippen molar-refractivity contribution < 1.29 is 19.1 Å². The van der Waals surface area contributed by atoms with E-state index in [-0.39, 0.29) is 17.5 Å². The Balaban J connectivity index is 1.54. The van der Waals surface area contributed by atoms with Crippen LogP contribution in [0.2, 0.25) is 0 Å². The Hall–Kier alpha value is -3.79. The minimum Gasteiger partial charge on any atom is -0.486 e. The molecular formula is C21H19N3O4. The average molecular weight is 377 g/mol. The van der Waals surface area contributed by atoms with Gasteiger partial charge in [0.1, 0.15) is 24.4 Å². The molecule has 1 aliphatic heterocycles. The predicted octanol–water partition coefficient (Wildman–Crippen LogP) is 2.66. The Morgan fingerprint density at radius 2 is 1.89 bits per heavy atom. The van der Waals surface area contributed by atoms with Crippen LogP contribution in [0.4, 0.5) is 5.69 Å². The average Bonchev–Trinajstić information content (AvgIpc) is 2.71. The molecule has 142 valence electrons. The molecule has 0 aliphatic carbocycles. The minimum absolute atomic E-state index is 0.0591. The number of fused-ring (bicyclic) bond motifs is 1. The van der Waals surface area contributed by atoms with Gasteiger partial charge < -0.3 is 20.1 Å². The van der Waals surface area contributed by atoms with E-state index < -0.39 is 5.91 Å². The Kier molecular flexibility index (Phi) is 5.92. The molecule has 0 saturated carbocycles. The zero-order chi connectivity index (χ0) is 19.9. The summed E-state index contributed by atoms with van der Waals surface area (Å²) in [4.78, 5) is 23.5. The van der Waals surface area contributed by atoms with Crippen molar-refractivity contribution in [3.05, 3.63) is 65.9 Å². The minimum atomic E-state index is -0.545. The molecule has 2 aromatic carbocycles. The first-order valence-corrected chi connectivity index (χ1v) is 8.71. The van der Waals surface area contributed by atoms with Gasteiger partial charge in [-0.15, -0.1) is 0 Å². The Morgan fingerprint density at radius 3 is 2.57 bits per heavy atom. The van der Waals surface area contributed by atoms with E-state index >= 15 is 0 Å². The third-order valence-corrected chi connectivity index (χ3v) is 4.07. The van der Waals surface area contributed by atoms with Crippen LogP contribution in [0.3, 0.4) is 0 Å². The number of ketones is 1. The summed E-state index contributed by atoms with van der Waals surface area (Å²) in [5.41, 5.74) is 0.969. The second-order valence-electron chi connectivity index (χ2n) is 6.16. The lowest BCUT2D eigenvalue weighted by Crippen LogP contribution is -2.37. The second kappa shape index (κ2) is 8.73. The lowest BCUT2D eigenvalue weighted by atomic mass is 10.1. The molecule has 3 rings (SSSR count). The third kappa shape index (κ3) is 4.68. The molecule has 28 heavy (non-hydrogen) atoms. The first kappa shape index (κ1) is 19.0. The topological polar surface area (TPSA) is 100 Å². The van der Waals surface area contributed by atoms with Gasteiger partial charge in [-0.25, -0.2) is 0 Å². The van der Waals surface area contributed by atoms with Crippen molar-refractivity contribution in [1.29, 1.82) is 5.26 Å². The van der Waals surface area contributed by atoms with Gasteiger partial charge in [-0.3, -0.25) is 9.59 Å². The number of anilines is 1. The van der Waals surface area contributed by atoms with Gasteiger partial charge in [-0.1, -0.05) is 12.1 Å². The molecule has 7 heteroatoms. The van der Waals surface area contributed by atoms with Gasteiger partial charge in [-0.05, 0) is 43.3 Å². The summed E-state index contributed by atoms with van der Waals surface area (Å²) in [5.74, 6) is 0.756. The maximum atomic E-state index is 12.2. The first-order chi connectivity index (χ1) is 13.6. The summed E-state index contributed by atoms with van der Waals surface area (Å²) in [6.07, 6.45) is 1.11. The molecule has 1 aliphatic rings. The number of amides is 1. The Morgan fingerprint density at radius 1 is 1.18 bits per heavy atom. The summed E-state index contributed by atoms with van der Waals surface area (Å²) in [7, 11) is 0. The zero-order valence-corrected chi connectivity index (χ0v) is 15.3. The van der Waals surface area contributed by atoms with Gasteiger partial charge in [0.2, 0.25) is 0 Å². The number of nitrogens with one attached hydrogen (secondary N) is 2. The molecule has 0 spiro atoms. The standard InChI is InChI=1S/C21H19N3O4/c1-14(25)15-6-8-17(9-7-15)24-21(26)16(10-22)11-23-12-18-13-27-19-4-2-3-5-20(19)28-18/h2-9,11,18,23H,12-13H2,1H3,(H,24,26)/b16-11-. The highest BCUT2D eigenvalue weighted by Gasteiger charge is 2.20. The van der Waals surface area contributed by atoms with E-state index in [1.807, 2.05) is 30.3 Å². The molecule has 0 aromatic heterocycles. The van der Waals surface area contributed by atoms with Gasteiger partial charge in [0.15, 0.2) is 17.3 Å². The van der Waals surface area contributed by atoms with E-state index in [4.69, 9.17) is 9.47 Å². The van der Waals surface area contributed by atoms with Crippen LogP contribution < -0.4 is 20.1 Å². The highest BCUT2D eigenvalue weighted by molar-refractivity contribution is 6.06. The number of nitriles is 1. The van der Waals surface area contributed by atoms with E-state index in [0.717, 1.165) is 0 Å². The van der Waals surface area contributed by atoms with Crippen molar-refractivity contribution >= 4 is 17.4 Å². The fraction of sp³-hybridized carbons (Fsp3) is 0.190. The maximum absolute atomic E-state index is 12.2. The lowest BCUT2D eigenvalue weighted by Gasteiger charge is -2.26. The lowest BCUT2D eigenvalue weighted by molar-refractivity contribution is -0.112. The van der Waals surface area contributed by atoms with Crippen LogP contribution in [0.1, 0.15) is 17.3 Å². The summed E-state index contributed by atoms with van der Waals surface area (Å²) in [6, 6.07) is 15.7. The normalized spacial score (nSPS) is 15.3. The van der Waals surface area contributed by atoms with Crippen molar-refractivity contribution in [2.24, 2.45) is 0 Å². The molecule has 2 N–H and O–H groups in total. The number of nitrogens with zero attached hydrogens (tertiary/aromatic N) is 1. The van der Waals surface area contributed by atoms with Crippen LogP contribution in [0.5, 0.6) is 11.5 Å².